The van der Waals surface area contributed by atoms with Gasteiger partial charge in [0.1, 0.15) is 0 Å². The summed E-state index contributed by atoms with van der Waals surface area (Å²) >= 11 is 0. The van der Waals surface area contributed by atoms with Gasteiger partial charge in [0.05, 0.1) is 6.61 Å². The van der Waals surface area contributed by atoms with Crippen molar-refractivity contribution in [1.29, 1.82) is 0 Å². The van der Waals surface area contributed by atoms with Crippen molar-refractivity contribution in [3.63, 3.8) is 0 Å². The monoisotopic (exact) mass is 325 g/mol. The first-order valence-corrected chi connectivity index (χ1v) is 8.38. The largest absolute Gasteiger partial charge is 0.479 e. The number of rotatable bonds is 6. The summed E-state index contributed by atoms with van der Waals surface area (Å²) in [5, 5.41) is 9.09. The van der Waals surface area contributed by atoms with E-state index in [1.165, 1.54) is 11.1 Å². The number of hydrogen-bond acceptors (Lipinski definition) is 3. The van der Waals surface area contributed by atoms with Crippen molar-refractivity contribution in [3.05, 3.63) is 71.8 Å². The van der Waals surface area contributed by atoms with Crippen LogP contribution in [0.4, 0.5) is 0 Å². The Bertz CT molecular complexity index is 595. The van der Waals surface area contributed by atoms with Crippen LogP contribution >= 0.6 is 0 Å². The number of nitrogens with zero attached hydrogens (tertiary/aromatic N) is 1. The maximum Gasteiger partial charge on any atom is 0.332 e. The molecule has 126 valence electrons. The summed E-state index contributed by atoms with van der Waals surface area (Å²) in [6.45, 7) is 2.14. The third-order valence-corrected chi connectivity index (χ3v) is 4.50. The predicted octanol–water partition coefficient (Wildman–Crippen LogP) is 3.32. The molecule has 1 aliphatic heterocycles. The molecule has 4 nitrogen and oxygen atoms in total. The fourth-order valence-electron chi connectivity index (χ4n) is 3.17. The Hall–Kier alpha value is -2.17. The molecule has 0 bridgehead atoms. The molecule has 1 aliphatic rings. The van der Waals surface area contributed by atoms with E-state index in [1.54, 1.807) is 0 Å². The molecule has 0 aliphatic carbocycles. The van der Waals surface area contributed by atoms with Gasteiger partial charge in [-0.1, -0.05) is 60.7 Å². The third-order valence-electron chi connectivity index (χ3n) is 4.50. The molecule has 1 fully saturated rings. The molecule has 0 saturated carbocycles. The first-order chi connectivity index (χ1) is 11.7. The van der Waals surface area contributed by atoms with Crippen LogP contribution in [0.3, 0.4) is 0 Å². The van der Waals surface area contributed by atoms with E-state index in [2.05, 4.69) is 29.2 Å². The molecule has 0 radical (unpaired) electrons. The molecule has 1 N–H and O–H groups in total. The van der Waals surface area contributed by atoms with E-state index in [-0.39, 0.29) is 6.04 Å². The number of carboxylic acid groups (broad SMARTS) is 1. The minimum absolute atomic E-state index is 0.237. The fraction of sp³-hybridized carbons (Fsp3) is 0.350. The highest BCUT2D eigenvalue weighted by molar-refractivity contribution is 5.72. The number of carboxylic acids is 1. The molecule has 1 saturated heterocycles. The van der Waals surface area contributed by atoms with E-state index in [0.29, 0.717) is 13.0 Å². The summed E-state index contributed by atoms with van der Waals surface area (Å²) in [5.74, 6) is -0.855. The Kier molecular flexibility index (Phi) is 5.62. The average Bonchev–Trinajstić information content (AvgIpc) is 2.63. The molecule has 2 unspecified atom stereocenters. The van der Waals surface area contributed by atoms with Gasteiger partial charge in [0.25, 0.3) is 0 Å². The lowest BCUT2D eigenvalue weighted by Crippen LogP contribution is -2.44. The van der Waals surface area contributed by atoms with Gasteiger partial charge < -0.3 is 9.84 Å². The first-order valence-electron chi connectivity index (χ1n) is 8.38. The maximum absolute atomic E-state index is 11.1. The smallest absolute Gasteiger partial charge is 0.332 e. The second kappa shape index (κ2) is 8.08. The topological polar surface area (TPSA) is 49.8 Å². The molecular weight excluding hydrogens is 302 g/mol. The number of ether oxygens (including phenoxy) is 1. The van der Waals surface area contributed by atoms with Gasteiger partial charge in [-0.15, -0.1) is 0 Å². The van der Waals surface area contributed by atoms with E-state index in [0.717, 1.165) is 19.5 Å². The van der Waals surface area contributed by atoms with Gasteiger partial charge in [-0.2, -0.15) is 0 Å². The van der Waals surface area contributed by atoms with Gasteiger partial charge in [-0.05, 0) is 24.0 Å². The SMILES string of the molecule is O=C(O)C1CCC(N(Cc2ccccc2)Cc2ccccc2)CO1. The zero-order valence-corrected chi connectivity index (χ0v) is 13.7. The Morgan fingerprint density at radius 1 is 0.958 bits per heavy atom. The molecule has 1 heterocycles. The number of carbonyl (C=O) groups is 1. The summed E-state index contributed by atoms with van der Waals surface area (Å²) < 4.78 is 5.57. The number of hydrogen-bond donors (Lipinski definition) is 1. The Morgan fingerprint density at radius 3 is 1.92 bits per heavy atom. The summed E-state index contributed by atoms with van der Waals surface area (Å²) in [7, 11) is 0. The highest BCUT2D eigenvalue weighted by Gasteiger charge is 2.30. The van der Waals surface area contributed by atoms with Crippen LogP contribution in [0.1, 0.15) is 24.0 Å². The van der Waals surface area contributed by atoms with Crippen LogP contribution in [0, 0.1) is 0 Å². The van der Waals surface area contributed by atoms with Gasteiger partial charge in [0, 0.05) is 19.1 Å². The molecule has 2 aromatic carbocycles. The van der Waals surface area contributed by atoms with Crippen molar-refractivity contribution < 1.29 is 14.6 Å². The van der Waals surface area contributed by atoms with Crippen LogP contribution in [-0.4, -0.2) is 34.7 Å². The lowest BCUT2D eigenvalue weighted by atomic mass is 10.0. The minimum atomic E-state index is -0.855. The van der Waals surface area contributed by atoms with Gasteiger partial charge in [-0.3, -0.25) is 4.90 Å². The van der Waals surface area contributed by atoms with Crippen molar-refractivity contribution in [3.8, 4) is 0 Å². The standard InChI is InChI=1S/C20H23NO3/c22-20(23)19-12-11-18(15-24-19)21(13-16-7-3-1-4-8-16)14-17-9-5-2-6-10-17/h1-10,18-19H,11-15H2,(H,22,23). The van der Waals surface area contributed by atoms with Crippen LogP contribution in [0.15, 0.2) is 60.7 Å². The highest BCUT2D eigenvalue weighted by atomic mass is 16.5. The number of aliphatic carboxylic acids is 1. The summed E-state index contributed by atoms with van der Waals surface area (Å²) in [6.07, 6.45) is 0.757. The average molecular weight is 325 g/mol. The van der Waals surface area contributed by atoms with E-state index in [9.17, 15) is 4.79 Å². The zero-order chi connectivity index (χ0) is 16.8. The normalized spacial score (nSPS) is 20.9. The minimum Gasteiger partial charge on any atom is -0.479 e. The second-order valence-corrected chi connectivity index (χ2v) is 6.27. The second-order valence-electron chi connectivity index (χ2n) is 6.27. The van der Waals surface area contributed by atoms with E-state index in [1.807, 2.05) is 36.4 Å². The van der Waals surface area contributed by atoms with Gasteiger partial charge in [0.2, 0.25) is 0 Å². The lowest BCUT2D eigenvalue weighted by molar-refractivity contribution is -0.156. The van der Waals surface area contributed by atoms with Crippen LogP contribution in [0.25, 0.3) is 0 Å². The van der Waals surface area contributed by atoms with E-state index >= 15 is 0 Å². The van der Waals surface area contributed by atoms with Crippen molar-refractivity contribution in [2.75, 3.05) is 6.61 Å². The molecule has 4 heteroatoms. The Morgan fingerprint density at radius 2 is 1.50 bits per heavy atom. The molecule has 2 aromatic rings. The van der Waals surface area contributed by atoms with E-state index < -0.39 is 12.1 Å². The van der Waals surface area contributed by atoms with Crippen molar-refractivity contribution in [2.45, 2.75) is 38.1 Å². The molecule has 24 heavy (non-hydrogen) atoms. The Labute approximate surface area is 142 Å². The first kappa shape index (κ1) is 16.7. The molecule has 0 spiro atoms. The predicted molar refractivity (Wildman–Crippen MR) is 92.5 cm³/mol. The van der Waals surface area contributed by atoms with E-state index in [4.69, 9.17) is 9.84 Å². The summed E-state index contributed by atoms with van der Waals surface area (Å²) in [5.41, 5.74) is 2.52. The third kappa shape index (κ3) is 4.43. The van der Waals surface area contributed by atoms with Crippen molar-refractivity contribution in [1.82, 2.24) is 4.90 Å². The van der Waals surface area contributed by atoms with Crippen LogP contribution in [0.5, 0.6) is 0 Å². The zero-order valence-electron chi connectivity index (χ0n) is 13.7. The maximum atomic E-state index is 11.1. The molecule has 0 aromatic heterocycles. The van der Waals surface area contributed by atoms with Crippen LogP contribution < -0.4 is 0 Å². The number of benzene rings is 2. The van der Waals surface area contributed by atoms with Gasteiger partial charge >= 0.3 is 5.97 Å². The summed E-state index contributed by atoms with van der Waals surface area (Å²) in [6, 6.07) is 21.0. The van der Waals surface area contributed by atoms with Crippen molar-refractivity contribution in [2.24, 2.45) is 0 Å². The summed E-state index contributed by atoms with van der Waals surface area (Å²) in [4.78, 5) is 13.5. The Balaban J connectivity index is 1.71. The molecular formula is C20H23NO3. The van der Waals surface area contributed by atoms with Gasteiger partial charge in [-0.25, -0.2) is 4.79 Å². The lowest BCUT2D eigenvalue weighted by Gasteiger charge is -2.36. The van der Waals surface area contributed by atoms with Crippen molar-refractivity contribution >= 4 is 5.97 Å². The molecule has 0 amide bonds. The quantitative estimate of drug-likeness (QED) is 0.885. The fourth-order valence-corrected chi connectivity index (χ4v) is 3.17. The van der Waals surface area contributed by atoms with Gasteiger partial charge in [0.15, 0.2) is 6.10 Å². The highest BCUT2D eigenvalue weighted by Crippen LogP contribution is 2.22. The molecule has 2 atom stereocenters. The van der Waals surface area contributed by atoms with Crippen LogP contribution in [-0.2, 0) is 22.6 Å². The van der Waals surface area contributed by atoms with Crippen LogP contribution in [0.2, 0.25) is 0 Å². The molecule has 3 rings (SSSR count).